The third-order valence-corrected chi connectivity index (χ3v) is 3.12. The van der Waals surface area contributed by atoms with E-state index in [0.29, 0.717) is 23.7 Å². The molecule has 1 aromatic heterocycles. The van der Waals surface area contributed by atoms with Gasteiger partial charge in [0.1, 0.15) is 24.2 Å². The molecule has 2 heterocycles. The van der Waals surface area contributed by atoms with Crippen LogP contribution in [0.2, 0.25) is 0 Å². The maximum Gasteiger partial charge on any atom is 0.338 e. The van der Waals surface area contributed by atoms with Crippen molar-refractivity contribution in [1.82, 2.24) is 4.98 Å². The lowest BCUT2D eigenvalue weighted by Crippen LogP contribution is -2.09. The molecule has 1 saturated heterocycles. The first-order chi connectivity index (χ1) is 10.1. The van der Waals surface area contributed by atoms with Gasteiger partial charge in [0, 0.05) is 28.7 Å². The van der Waals surface area contributed by atoms with Crippen LogP contribution >= 0.6 is 0 Å². The summed E-state index contributed by atoms with van der Waals surface area (Å²) in [6.45, 7) is 6.44. The average Bonchev–Trinajstić information content (AvgIpc) is 3.30. The van der Waals surface area contributed by atoms with Crippen LogP contribution in [0.25, 0.3) is 10.8 Å². The summed E-state index contributed by atoms with van der Waals surface area (Å²) < 4.78 is 16.2. The van der Waals surface area contributed by atoms with Gasteiger partial charge in [-0.05, 0) is 25.1 Å². The molecule has 108 valence electrons. The van der Waals surface area contributed by atoms with Crippen molar-refractivity contribution in [1.29, 1.82) is 0 Å². The highest BCUT2D eigenvalue weighted by atomic mass is 16.6. The van der Waals surface area contributed by atoms with Crippen LogP contribution in [0.1, 0.15) is 6.92 Å². The van der Waals surface area contributed by atoms with Gasteiger partial charge in [0.15, 0.2) is 0 Å². The van der Waals surface area contributed by atoms with Gasteiger partial charge < -0.3 is 14.2 Å². The monoisotopic (exact) mass is 285 g/mol. The number of aromatic nitrogens is 1. The molecule has 21 heavy (non-hydrogen) atoms. The molecule has 1 atom stereocenters. The van der Waals surface area contributed by atoms with Gasteiger partial charge in [-0.15, -0.1) is 0 Å². The van der Waals surface area contributed by atoms with E-state index >= 15 is 0 Å². The number of nitrogens with zero attached hydrogens (tertiary/aromatic N) is 1. The number of hydrogen-bond donors (Lipinski definition) is 0. The number of fused-ring (bicyclic) bond motifs is 1. The van der Waals surface area contributed by atoms with Gasteiger partial charge in [-0.3, -0.25) is 4.98 Å². The summed E-state index contributed by atoms with van der Waals surface area (Å²) in [7, 11) is 0. The van der Waals surface area contributed by atoms with Crippen LogP contribution < -0.4 is 9.47 Å². The zero-order valence-electron chi connectivity index (χ0n) is 11.7. The maximum atomic E-state index is 11.7. The highest BCUT2D eigenvalue weighted by Gasteiger charge is 2.23. The van der Waals surface area contributed by atoms with Crippen molar-refractivity contribution in [3.05, 3.63) is 42.7 Å². The molecule has 5 heteroatoms. The molecule has 0 radical (unpaired) electrons. The second-order valence-corrected chi connectivity index (χ2v) is 4.92. The Hall–Kier alpha value is -2.40. The number of benzene rings is 1. The number of hydrogen-bond acceptors (Lipinski definition) is 5. The summed E-state index contributed by atoms with van der Waals surface area (Å²) in [6.07, 6.45) is 3.52. The van der Waals surface area contributed by atoms with E-state index < -0.39 is 5.97 Å². The Morgan fingerprint density at radius 1 is 1.38 bits per heavy atom. The van der Waals surface area contributed by atoms with Gasteiger partial charge in [0.05, 0.1) is 6.61 Å². The molecule has 3 rings (SSSR count). The average molecular weight is 285 g/mol. The minimum atomic E-state index is -0.451. The fourth-order valence-corrected chi connectivity index (χ4v) is 1.89. The number of pyridine rings is 1. The van der Waals surface area contributed by atoms with Gasteiger partial charge in [-0.2, -0.15) is 0 Å². The van der Waals surface area contributed by atoms with E-state index in [1.807, 2.05) is 0 Å². The largest absolute Gasteiger partial charge is 0.490 e. The number of esters is 1. The van der Waals surface area contributed by atoms with Crippen molar-refractivity contribution in [3.8, 4) is 11.5 Å². The normalized spacial score (nSPS) is 16.5. The number of carbonyl (C=O) groups is 1. The minimum absolute atomic E-state index is 0.178. The highest BCUT2D eigenvalue weighted by molar-refractivity contribution is 5.96. The maximum absolute atomic E-state index is 11.7. The van der Waals surface area contributed by atoms with Gasteiger partial charge in [0.25, 0.3) is 0 Å². The predicted molar refractivity (Wildman–Crippen MR) is 77.4 cm³/mol. The quantitative estimate of drug-likeness (QED) is 0.365. The molecular formula is C16H15NO4. The first-order valence-corrected chi connectivity index (χ1v) is 6.64. The third-order valence-electron chi connectivity index (χ3n) is 3.12. The van der Waals surface area contributed by atoms with E-state index in [9.17, 15) is 4.79 Å². The second-order valence-electron chi connectivity index (χ2n) is 4.92. The summed E-state index contributed by atoms with van der Waals surface area (Å²) in [5, 5.41) is 1.57. The molecule has 0 N–H and O–H groups in total. The first-order valence-electron chi connectivity index (χ1n) is 6.64. The summed E-state index contributed by atoms with van der Waals surface area (Å²) in [6, 6.07) is 5.27. The second kappa shape index (κ2) is 5.54. The van der Waals surface area contributed by atoms with E-state index in [1.54, 1.807) is 37.5 Å². The molecule has 1 aliphatic rings. The van der Waals surface area contributed by atoms with Crippen molar-refractivity contribution in [2.24, 2.45) is 0 Å². The predicted octanol–water partition coefficient (Wildman–Crippen LogP) is 2.49. The molecule has 1 fully saturated rings. The van der Waals surface area contributed by atoms with E-state index in [-0.39, 0.29) is 6.10 Å². The van der Waals surface area contributed by atoms with Crippen molar-refractivity contribution in [2.45, 2.75) is 13.0 Å². The van der Waals surface area contributed by atoms with Crippen LogP contribution in [-0.2, 0) is 9.53 Å². The van der Waals surface area contributed by atoms with Crippen LogP contribution in [0.3, 0.4) is 0 Å². The van der Waals surface area contributed by atoms with E-state index in [0.717, 1.165) is 17.4 Å². The van der Waals surface area contributed by atoms with E-state index in [2.05, 4.69) is 11.6 Å². The zero-order chi connectivity index (χ0) is 14.8. The summed E-state index contributed by atoms with van der Waals surface area (Å²) in [5.41, 5.74) is 0.350. The molecular weight excluding hydrogens is 270 g/mol. The molecule has 5 nitrogen and oxygen atoms in total. The van der Waals surface area contributed by atoms with Crippen LogP contribution in [0.4, 0.5) is 0 Å². The van der Waals surface area contributed by atoms with Crippen molar-refractivity contribution in [2.75, 3.05) is 13.2 Å². The number of rotatable bonds is 5. The topological polar surface area (TPSA) is 61.0 Å². The molecule has 0 spiro atoms. The Morgan fingerprint density at radius 3 is 2.86 bits per heavy atom. The Kier molecular flexibility index (Phi) is 3.58. The van der Waals surface area contributed by atoms with Gasteiger partial charge >= 0.3 is 5.97 Å². The fraction of sp³-hybridized carbons (Fsp3) is 0.250. The summed E-state index contributed by atoms with van der Waals surface area (Å²) in [5.74, 6) is 0.715. The summed E-state index contributed by atoms with van der Waals surface area (Å²) in [4.78, 5) is 15.8. The summed E-state index contributed by atoms with van der Waals surface area (Å²) >= 11 is 0. The lowest BCUT2D eigenvalue weighted by Gasteiger charge is -2.11. The molecule has 2 aromatic rings. The van der Waals surface area contributed by atoms with Crippen molar-refractivity contribution in [3.63, 3.8) is 0 Å². The highest BCUT2D eigenvalue weighted by Crippen LogP contribution is 2.33. The molecule has 0 saturated carbocycles. The van der Waals surface area contributed by atoms with E-state index in [1.165, 1.54) is 0 Å². The Balaban J connectivity index is 1.93. The molecule has 0 bridgehead atoms. The van der Waals surface area contributed by atoms with E-state index in [4.69, 9.17) is 14.2 Å². The van der Waals surface area contributed by atoms with Crippen LogP contribution in [0.15, 0.2) is 42.7 Å². The Bertz CT molecular complexity index is 706. The van der Waals surface area contributed by atoms with Crippen molar-refractivity contribution >= 4 is 16.7 Å². The molecule has 1 aliphatic heterocycles. The van der Waals surface area contributed by atoms with Crippen LogP contribution in [0, 0.1) is 0 Å². The number of ether oxygens (including phenoxy) is 3. The standard InChI is InChI=1S/C16H15NO4/c1-10(2)16(18)21-15-4-3-14(20-9-11-8-19-11)13-7-17-6-5-12(13)15/h3-7,11H,1,8-9H2,2H3. The van der Waals surface area contributed by atoms with Crippen molar-refractivity contribution < 1.29 is 19.0 Å². The first kappa shape index (κ1) is 13.6. The van der Waals surface area contributed by atoms with Gasteiger partial charge in [0.2, 0.25) is 0 Å². The zero-order valence-corrected chi connectivity index (χ0v) is 11.7. The molecule has 1 aromatic carbocycles. The number of epoxide rings is 1. The van der Waals surface area contributed by atoms with Gasteiger partial charge in [-0.25, -0.2) is 4.79 Å². The molecule has 0 aliphatic carbocycles. The lowest BCUT2D eigenvalue weighted by atomic mass is 10.1. The minimum Gasteiger partial charge on any atom is -0.490 e. The Labute approximate surface area is 122 Å². The third kappa shape index (κ3) is 3.03. The number of carbonyl (C=O) groups excluding carboxylic acids is 1. The molecule has 1 unspecified atom stereocenters. The SMILES string of the molecule is C=C(C)C(=O)Oc1ccc(OCC2CO2)c2cnccc12. The van der Waals surface area contributed by atoms with Crippen LogP contribution in [0.5, 0.6) is 11.5 Å². The van der Waals surface area contributed by atoms with Crippen LogP contribution in [-0.4, -0.2) is 30.3 Å². The lowest BCUT2D eigenvalue weighted by molar-refractivity contribution is -0.129. The Morgan fingerprint density at radius 2 is 2.14 bits per heavy atom. The smallest absolute Gasteiger partial charge is 0.338 e. The molecule has 0 amide bonds. The van der Waals surface area contributed by atoms with Gasteiger partial charge in [-0.1, -0.05) is 6.58 Å². The fourth-order valence-electron chi connectivity index (χ4n) is 1.89.